The van der Waals surface area contributed by atoms with E-state index in [1.54, 1.807) is 0 Å². The standard InChI is InChI=1S/C16H22N2O2/c1-2-3-9-13(11-17)18-15(19)10-14(16(18)20)12-7-5-4-6-8-12/h4-8,13-14H,2-3,9-11,17H2,1H3. The molecule has 1 aromatic rings. The van der Waals surface area contributed by atoms with Gasteiger partial charge in [0.1, 0.15) is 0 Å². The van der Waals surface area contributed by atoms with Crippen LogP contribution in [0.15, 0.2) is 30.3 Å². The molecule has 0 bridgehead atoms. The molecule has 1 fully saturated rings. The second-order valence-corrected chi connectivity index (χ2v) is 5.30. The molecule has 0 radical (unpaired) electrons. The van der Waals surface area contributed by atoms with Gasteiger partial charge in [-0.05, 0) is 12.0 Å². The molecule has 0 aliphatic carbocycles. The van der Waals surface area contributed by atoms with Gasteiger partial charge in [0.15, 0.2) is 0 Å². The summed E-state index contributed by atoms with van der Waals surface area (Å²) in [4.78, 5) is 26.1. The van der Waals surface area contributed by atoms with Crippen molar-refractivity contribution in [2.24, 2.45) is 5.73 Å². The molecule has 4 heteroatoms. The first kappa shape index (κ1) is 14.7. The Morgan fingerprint density at radius 2 is 2.00 bits per heavy atom. The molecule has 2 N–H and O–H groups in total. The van der Waals surface area contributed by atoms with Gasteiger partial charge in [0.05, 0.1) is 12.0 Å². The number of imide groups is 1. The van der Waals surface area contributed by atoms with Gasteiger partial charge in [0, 0.05) is 13.0 Å². The Kier molecular flexibility index (Phi) is 4.90. The van der Waals surface area contributed by atoms with Gasteiger partial charge in [-0.25, -0.2) is 0 Å². The molecule has 0 spiro atoms. The van der Waals surface area contributed by atoms with E-state index in [0.717, 1.165) is 24.8 Å². The summed E-state index contributed by atoms with van der Waals surface area (Å²) in [5, 5.41) is 0. The maximum Gasteiger partial charge on any atom is 0.237 e. The molecular weight excluding hydrogens is 252 g/mol. The third-order valence-electron chi connectivity index (χ3n) is 3.91. The van der Waals surface area contributed by atoms with Crippen molar-refractivity contribution in [2.75, 3.05) is 6.54 Å². The lowest BCUT2D eigenvalue weighted by atomic mass is 9.98. The Morgan fingerprint density at radius 3 is 2.60 bits per heavy atom. The third-order valence-corrected chi connectivity index (χ3v) is 3.91. The van der Waals surface area contributed by atoms with Crippen LogP contribution in [0.25, 0.3) is 0 Å². The first-order valence-corrected chi connectivity index (χ1v) is 7.30. The van der Waals surface area contributed by atoms with Gasteiger partial charge in [-0.2, -0.15) is 0 Å². The quantitative estimate of drug-likeness (QED) is 0.807. The molecule has 2 rings (SSSR count). The van der Waals surface area contributed by atoms with Gasteiger partial charge in [-0.15, -0.1) is 0 Å². The zero-order chi connectivity index (χ0) is 14.5. The van der Waals surface area contributed by atoms with E-state index < -0.39 is 0 Å². The van der Waals surface area contributed by atoms with Gasteiger partial charge in [-0.1, -0.05) is 50.1 Å². The highest BCUT2D eigenvalue weighted by Crippen LogP contribution is 2.31. The van der Waals surface area contributed by atoms with E-state index in [0.29, 0.717) is 6.54 Å². The Balaban J connectivity index is 2.16. The summed E-state index contributed by atoms with van der Waals surface area (Å²) in [6.07, 6.45) is 3.08. The van der Waals surface area contributed by atoms with E-state index in [9.17, 15) is 9.59 Å². The van der Waals surface area contributed by atoms with Gasteiger partial charge in [0.25, 0.3) is 0 Å². The Hall–Kier alpha value is -1.68. The first-order valence-electron chi connectivity index (χ1n) is 7.30. The number of unbranched alkanes of at least 4 members (excludes halogenated alkanes) is 1. The minimum Gasteiger partial charge on any atom is -0.328 e. The average Bonchev–Trinajstić information content (AvgIpc) is 2.77. The smallest absolute Gasteiger partial charge is 0.237 e. The van der Waals surface area contributed by atoms with Crippen molar-refractivity contribution < 1.29 is 9.59 Å². The maximum absolute atomic E-state index is 12.5. The molecule has 1 aromatic carbocycles. The van der Waals surface area contributed by atoms with E-state index in [-0.39, 0.29) is 30.2 Å². The second kappa shape index (κ2) is 6.66. The van der Waals surface area contributed by atoms with Crippen LogP contribution < -0.4 is 5.73 Å². The number of rotatable bonds is 6. The van der Waals surface area contributed by atoms with Crippen molar-refractivity contribution in [3.63, 3.8) is 0 Å². The summed E-state index contributed by atoms with van der Waals surface area (Å²) in [5.74, 6) is -0.512. The van der Waals surface area contributed by atoms with Crippen LogP contribution in [0.3, 0.4) is 0 Å². The number of hydrogen-bond acceptors (Lipinski definition) is 3. The number of likely N-dealkylation sites (tertiary alicyclic amines) is 1. The van der Waals surface area contributed by atoms with Crippen molar-refractivity contribution in [3.8, 4) is 0 Å². The van der Waals surface area contributed by atoms with Crippen molar-refractivity contribution in [2.45, 2.75) is 44.6 Å². The van der Waals surface area contributed by atoms with Crippen LogP contribution in [0.1, 0.15) is 44.1 Å². The van der Waals surface area contributed by atoms with Crippen LogP contribution in [-0.2, 0) is 9.59 Å². The van der Waals surface area contributed by atoms with Crippen LogP contribution in [0.5, 0.6) is 0 Å². The third kappa shape index (κ3) is 2.90. The Morgan fingerprint density at radius 1 is 1.30 bits per heavy atom. The lowest BCUT2D eigenvalue weighted by Gasteiger charge is -2.25. The lowest BCUT2D eigenvalue weighted by Crippen LogP contribution is -2.44. The zero-order valence-corrected chi connectivity index (χ0v) is 11.9. The molecular formula is C16H22N2O2. The molecule has 1 heterocycles. The molecule has 0 aromatic heterocycles. The molecule has 2 amide bonds. The number of benzene rings is 1. The predicted molar refractivity (Wildman–Crippen MR) is 78.0 cm³/mol. The van der Waals surface area contributed by atoms with Gasteiger partial charge < -0.3 is 5.73 Å². The summed E-state index contributed by atoms with van der Waals surface area (Å²) in [5.41, 5.74) is 6.67. The molecule has 1 aliphatic rings. The highest BCUT2D eigenvalue weighted by atomic mass is 16.2. The van der Waals surface area contributed by atoms with Crippen LogP contribution in [0.4, 0.5) is 0 Å². The number of amides is 2. The van der Waals surface area contributed by atoms with Gasteiger partial charge in [-0.3, -0.25) is 14.5 Å². The largest absolute Gasteiger partial charge is 0.328 e. The normalized spacial score (nSPS) is 20.5. The highest BCUT2D eigenvalue weighted by Gasteiger charge is 2.42. The fourth-order valence-electron chi connectivity index (χ4n) is 2.77. The molecule has 108 valence electrons. The van der Waals surface area contributed by atoms with E-state index in [2.05, 4.69) is 6.92 Å². The zero-order valence-electron chi connectivity index (χ0n) is 11.9. The molecule has 0 saturated carbocycles. The predicted octanol–water partition coefficient (Wildman–Crippen LogP) is 2.05. The molecule has 4 nitrogen and oxygen atoms in total. The fourth-order valence-corrected chi connectivity index (χ4v) is 2.77. The minimum absolute atomic E-state index is 0.0876. The topological polar surface area (TPSA) is 63.4 Å². The minimum atomic E-state index is -0.334. The Labute approximate surface area is 119 Å². The fraction of sp³-hybridized carbons (Fsp3) is 0.500. The van der Waals surface area contributed by atoms with E-state index in [1.165, 1.54) is 4.90 Å². The van der Waals surface area contributed by atoms with Crippen molar-refractivity contribution in [1.29, 1.82) is 0 Å². The molecule has 1 aliphatic heterocycles. The number of nitrogens with zero attached hydrogens (tertiary/aromatic N) is 1. The number of carbonyl (C=O) groups excluding carboxylic acids is 2. The molecule has 20 heavy (non-hydrogen) atoms. The summed E-state index contributed by atoms with van der Waals surface area (Å²) in [7, 11) is 0. The highest BCUT2D eigenvalue weighted by molar-refractivity contribution is 6.06. The number of nitrogens with two attached hydrogens (primary N) is 1. The first-order chi connectivity index (χ1) is 9.69. The van der Waals surface area contributed by atoms with Crippen LogP contribution in [-0.4, -0.2) is 29.3 Å². The molecule has 1 saturated heterocycles. The summed E-state index contributed by atoms with van der Waals surface area (Å²) < 4.78 is 0. The number of carbonyl (C=O) groups is 2. The lowest BCUT2D eigenvalue weighted by molar-refractivity contribution is -0.141. The van der Waals surface area contributed by atoms with E-state index in [1.807, 2.05) is 30.3 Å². The van der Waals surface area contributed by atoms with E-state index >= 15 is 0 Å². The SMILES string of the molecule is CCCCC(CN)N1C(=O)CC(c2ccccc2)C1=O. The summed E-state index contributed by atoms with van der Waals surface area (Å²) in [6.45, 7) is 2.44. The number of hydrogen-bond donors (Lipinski definition) is 1. The van der Waals surface area contributed by atoms with Crippen molar-refractivity contribution >= 4 is 11.8 Å². The summed E-state index contributed by atoms with van der Waals surface area (Å²) in [6, 6.07) is 9.36. The van der Waals surface area contributed by atoms with Crippen LogP contribution in [0.2, 0.25) is 0 Å². The van der Waals surface area contributed by atoms with Crippen LogP contribution in [0, 0.1) is 0 Å². The van der Waals surface area contributed by atoms with Gasteiger partial charge in [0.2, 0.25) is 11.8 Å². The Bertz CT molecular complexity index is 473. The monoisotopic (exact) mass is 274 g/mol. The molecule has 2 atom stereocenters. The van der Waals surface area contributed by atoms with Gasteiger partial charge >= 0.3 is 0 Å². The van der Waals surface area contributed by atoms with E-state index in [4.69, 9.17) is 5.73 Å². The van der Waals surface area contributed by atoms with Crippen LogP contribution >= 0.6 is 0 Å². The molecule has 2 unspecified atom stereocenters. The van der Waals surface area contributed by atoms with Crippen molar-refractivity contribution in [3.05, 3.63) is 35.9 Å². The average molecular weight is 274 g/mol. The maximum atomic E-state index is 12.5. The van der Waals surface area contributed by atoms with Crippen molar-refractivity contribution in [1.82, 2.24) is 4.90 Å². The summed E-state index contributed by atoms with van der Waals surface area (Å²) >= 11 is 0. The second-order valence-electron chi connectivity index (χ2n) is 5.30.